The quantitative estimate of drug-likeness (QED) is 0.847. The lowest BCUT2D eigenvalue weighted by molar-refractivity contribution is 0.0340. The molecule has 1 aromatic rings. The van der Waals surface area contributed by atoms with Crippen LogP contribution in [0.2, 0.25) is 0 Å². The van der Waals surface area contributed by atoms with Gasteiger partial charge in [0.25, 0.3) is 0 Å². The van der Waals surface area contributed by atoms with Gasteiger partial charge in [0.05, 0.1) is 0 Å². The molecule has 0 aromatic heterocycles. The van der Waals surface area contributed by atoms with Crippen LogP contribution < -0.4 is 10.5 Å². The average molecular weight is 233 g/mol. The van der Waals surface area contributed by atoms with Gasteiger partial charge in [0, 0.05) is 18.0 Å². The SMILES string of the molecule is Cc1ccc2c(c1)C(N)CC(C)(CC(C)C)O2. The fraction of sp³-hybridized carbons (Fsp3) is 0.600. The molecule has 0 bridgehead atoms. The molecular formula is C15H23NO. The molecule has 1 aliphatic rings. The maximum Gasteiger partial charge on any atom is 0.124 e. The van der Waals surface area contributed by atoms with Crippen LogP contribution in [-0.2, 0) is 0 Å². The van der Waals surface area contributed by atoms with Crippen LogP contribution in [0.15, 0.2) is 18.2 Å². The Balaban J connectivity index is 2.30. The second kappa shape index (κ2) is 4.34. The highest BCUT2D eigenvalue weighted by atomic mass is 16.5. The monoisotopic (exact) mass is 233 g/mol. The largest absolute Gasteiger partial charge is 0.487 e. The molecule has 2 rings (SSSR count). The summed E-state index contributed by atoms with van der Waals surface area (Å²) in [6.45, 7) is 8.72. The molecule has 1 aromatic carbocycles. The highest BCUT2D eigenvalue weighted by Crippen LogP contribution is 2.41. The number of fused-ring (bicyclic) bond motifs is 1. The Morgan fingerprint density at radius 3 is 2.82 bits per heavy atom. The molecule has 0 spiro atoms. The van der Waals surface area contributed by atoms with Gasteiger partial charge in [-0.05, 0) is 32.3 Å². The first-order valence-electron chi connectivity index (χ1n) is 6.45. The third-order valence-electron chi connectivity index (χ3n) is 3.41. The van der Waals surface area contributed by atoms with E-state index in [1.165, 1.54) is 5.56 Å². The van der Waals surface area contributed by atoms with Gasteiger partial charge in [-0.2, -0.15) is 0 Å². The summed E-state index contributed by atoms with van der Waals surface area (Å²) in [6.07, 6.45) is 1.95. The fourth-order valence-electron chi connectivity index (χ4n) is 2.92. The van der Waals surface area contributed by atoms with Crippen molar-refractivity contribution in [1.82, 2.24) is 0 Å². The Hall–Kier alpha value is -1.02. The van der Waals surface area contributed by atoms with Gasteiger partial charge in [-0.1, -0.05) is 31.5 Å². The van der Waals surface area contributed by atoms with Crippen molar-refractivity contribution >= 4 is 0 Å². The maximum absolute atomic E-state index is 6.29. The molecule has 0 saturated carbocycles. The van der Waals surface area contributed by atoms with Crippen molar-refractivity contribution in [3.8, 4) is 5.75 Å². The number of benzene rings is 1. The van der Waals surface area contributed by atoms with Crippen LogP contribution in [0.4, 0.5) is 0 Å². The zero-order valence-electron chi connectivity index (χ0n) is 11.3. The molecule has 2 atom stereocenters. The van der Waals surface area contributed by atoms with Gasteiger partial charge >= 0.3 is 0 Å². The number of ether oxygens (including phenoxy) is 1. The highest BCUT2D eigenvalue weighted by Gasteiger charge is 2.36. The van der Waals surface area contributed by atoms with E-state index in [1.54, 1.807) is 0 Å². The Kier molecular flexibility index (Phi) is 3.17. The van der Waals surface area contributed by atoms with Crippen LogP contribution >= 0.6 is 0 Å². The van der Waals surface area contributed by atoms with E-state index in [0.29, 0.717) is 5.92 Å². The van der Waals surface area contributed by atoms with Gasteiger partial charge in [0.15, 0.2) is 0 Å². The number of aryl methyl sites for hydroxylation is 1. The molecular weight excluding hydrogens is 210 g/mol. The van der Waals surface area contributed by atoms with Crippen molar-refractivity contribution in [2.75, 3.05) is 0 Å². The van der Waals surface area contributed by atoms with Crippen molar-refractivity contribution in [3.63, 3.8) is 0 Å². The van der Waals surface area contributed by atoms with Gasteiger partial charge in [-0.3, -0.25) is 0 Å². The van der Waals surface area contributed by atoms with Crippen LogP contribution in [0.1, 0.15) is 50.8 Å². The zero-order chi connectivity index (χ0) is 12.6. The van der Waals surface area contributed by atoms with E-state index in [-0.39, 0.29) is 11.6 Å². The second-order valence-electron chi connectivity index (χ2n) is 6.00. The molecule has 1 aliphatic heterocycles. The lowest BCUT2D eigenvalue weighted by Crippen LogP contribution is -2.41. The molecule has 2 heteroatoms. The van der Waals surface area contributed by atoms with Crippen LogP contribution in [0.5, 0.6) is 5.75 Å². The smallest absolute Gasteiger partial charge is 0.124 e. The van der Waals surface area contributed by atoms with Gasteiger partial charge in [-0.25, -0.2) is 0 Å². The molecule has 2 N–H and O–H groups in total. The van der Waals surface area contributed by atoms with Crippen molar-refractivity contribution in [2.45, 2.75) is 52.2 Å². The molecule has 0 fully saturated rings. The molecule has 94 valence electrons. The van der Waals surface area contributed by atoms with E-state index in [2.05, 4.69) is 45.9 Å². The van der Waals surface area contributed by atoms with Gasteiger partial charge in [0.1, 0.15) is 11.4 Å². The predicted octanol–water partition coefficient (Wildman–Crippen LogP) is 3.58. The Morgan fingerprint density at radius 2 is 2.18 bits per heavy atom. The first-order chi connectivity index (χ1) is 7.89. The molecule has 17 heavy (non-hydrogen) atoms. The summed E-state index contributed by atoms with van der Waals surface area (Å²) in [4.78, 5) is 0. The first kappa shape index (κ1) is 12.4. The minimum absolute atomic E-state index is 0.0994. The molecule has 0 radical (unpaired) electrons. The third-order valence-corrected chi connectivity index (χ3v) is 3.41. The lowest BCUT2D eigenvalue weighted by atomic mass is 9.83. The summed E-state index contributed by atoms with van der Waals surface area (Å²) in [7, 11) is 0. The Bertz CT molecular complexity index is 413. The highest BCUT2D eigenvalue weighted by molar-refractivity contribution is 5.41. The van der Waals surface area contributed by atoms with Gasteiger partial charge in [0.2, 0.25) is 0 Å². The van der Waals surface area contributed by atoms with E-state index in [0.717, 1.165) is 24.2 Å². The first-order valence-corrected chi connectivity index (χ1v) is 6.45. The second-order valence-corrected chi connectivity index (χ2v) is 6.00. The minimum Gasteiger partial charge on any atom is -0.487 e. The summed E-state index contributed by atoms with van der Waals surface area (Å²) < 4.78 is 6.18. The van der Waals surface area contributed by atoms with E-state index in [9.17, 15) is 0 Å². The van der Waals surface area contributed by atoms with E-state index < -0.39 is 0 Å². The fourth-order valence-corrected chi connectivity index (χ4v) is 2.92. The molecule has 2 unspecified atom stereocenters. The number of nitrogens with two attached hydrogens (primary N) is 1. The lowest BCUT2D eigenvalue weighted by Gasteiger charge is -2.40. The average Bonchev–Trinajstić information content (AvgIpc) is 2.17. The summed E-state index contributed by atoms with van der Waals surface area (Å²) in [5.41, 5.74) is 8.58. The van der Waals surface area contributed by atoms with E-state index in [1.807, 2.05) is 0 Å². The Labute approximate surface area is 104 Å². The minimum atomic E-state index is -0.115. The number of hydrogen-bond acceptors (Lipinski definition) is 2. The maximum atomic E-state index is 6.29. The summed E-state index contributed by atoms with van der Waals surface area (Å²) >= 11 is 0. The van der Waals surface area contributed by atoms with Crippen molar-refractivity contribution < 1.29 is 4.74 Å². The predicted molar refractivity (Wildman–Crippen MR) is 71.2 cm³/mol. The Morgan fingerprint density at radius 1 is 1.47 bits per heavy atom. The van der Waals surface area contributed by atoms with Crippen LogP contribution in [0.25, 0.3) is 0 Å². The molecule has 0 aliphatic carbocycles. The van der Waals surface area contributed by atoms with E-state index in [4.69, 9.17) is 10.5 Å². The zero-order valence-corrected chi connectivity index (χ0v) is 11.3. The summed E-state index contributed by atoms with van der Waals surface area (Å²) in [5.74, 6) is 1.59. The van der Waals surface area contributed by atoms with E-state index >= 15 is 0 Å². The number of hydrogen-bond donors (Lipinski definition) is 1. The van der Waals surface area contributed by atoms with Crippen LogP contribution in [0, 0.1) is 12.8 Å². The molecule has 1 heterocycles. The topological polar surface area (TPSA) is 35.2 Å². The normalized spacial score (nSPS) is 27.8. The molecule has 2 nitrogen and oxygen atoms in total. The van der Waals surface area contributed by atoms with Gasteiger partial charge in [-0.15, -0.1) is 0 Å². The van der Waals surface area contributed by atoms with Crippen molar-refractivity contribution in [1.29, 1.82) is 0 Å². The number of rotatable bonds is 2. The molecule has 0 amide bonds. The third kappa shape index (κ3) is 2.63. The van der Waals surface area contributed by atoms with Crippen LogP contribution in [-0.4, -0.2) is 5.60 Å². The summed E-state index contributed by atoms with van der Waals surface area (Å²) in [5, 5.41) is 0. The van der Waals surface area contributed by atoms with Crippen molar-refractivity contribution in [2.24, 2.45) is 11.7 Å². The standard InChI is InChI=1S/C15H23NO/c1-10(2)8-15(4)9-13(16)12-7-11(3)5-6-14(12)17-15/h5-7,10,13H,8-9,16H2,1-4H3. The molecule has 0 saturated heterocycles. The van der Waals surface area contributed by atoms with Gasteiger partial charge < -0.3 is 10.5 Å². The summed E-state index contributed by atoms with van der Waals surface area (Å²) in [6, 6.07) is 6.39. The van der Waals surface area contributed by atoms with Crippen LogP contribution in [0.3, 0.4) is 0 Å². The van der Waals surface area contributed by atoms with Crippen molar-refractivity contribution in [3.05, 3.63) is 29.3 Å².